The fraction of sp³-hybridized carbons (Fsp3) is 0.400. The summed E-state index contributed by atoms with van der Waals surface area (Å²) in [5.41, 5.74) is 7.79. The molecule has 0 saturated heterocycles. The first kappa shape index (κ1) is 29.0. The standard InChI is InChI=1S/C30H38F2N4O2/c1-20(33)29(38)34-14-9-15-36(21(2)37)28(30(3,4)5)27-16-23(25-17-24(31)12-13-26(25)32)19-35(27)18-22-10-7-6-8-11-22/h6-8,10-13,16-17,19-20,28H,9,14-15,18,33H2,1-5H3,(H,34,38). The maximum atomic E-state index is 14.8. The highest BCUT2D eigenvalue weighted by molar-refractivity contribution is 5.80. The first-order valence-electron chi connectivity index (χ1n) is 12.9. The Hall–Kier alpha value is -3.52. The molecule has 6 nitrogen and oxygen atoms in total. The maximum Gasteiger partial charge on any atom is 0.236 e. The Morgan fingerprint density at radius 2 is 1.76 bits per heavy atom. The number of aromatic nitrogens is 1. The molecule has 0 aliphatic carbocycles. The third-order valence-corrected chi connectivity index (χ3v) is 6.47. The number of halogens is 2. The van der Waals surface area contributed by atoms with Crippen molar-refractivity contribution in [1.82, 2.24) is 14.8 Å². The van der Waals surface area contributed by atoms with E-state index in [1.807, 2.05) is 67.9 Å². The van der Waals surface area contributed by atoms with E-state index in [1.165, 1.54) is 13.0 Å². The first-order chi connectivity index (χ1) is 17.9. The monoisotopic (exact) mass is 524 g/mol. The molecule has 0 aliphatic heterocycles. The molecule has 0 bridgehead atoms. The van der Waals surface area contributed by atoms with E-state index >= 15 is 0 Å². The molecule has 0 saturated carbocycles. The summed E-state index contributed by atoms with van der Waals surface area (Å²) in [6.45, 7) is 10.6. The second kappa shape index (κ2) is 12.3. The van der Waals surface area contributed by atoms with Crippen molar-refractivity contribution in [3.05, 3.63) is 83.7 Å². The summed E-state index contributed by atoms with van der Waals surface area (Å²) in [7, 11) is 0. The summed E-state index contributed by atoms with van der Waals surface area (Å²) in [5.74, 6) is -1.40. The molecule has 1 aromatic heterocycles. The van der Waals surface area contributed by atoms with Crippen LogP contribution < -0.4 is 11.1 Å². The molecule has 3 aromatic rings. The Balaban J connectivity index is 2.05. The fourth-order valence-electron chi connectivity index (χ4n) is 4.70. The van der Waals surface area contributed by atoms with Gasteiger partial charge in [-0.05, 0) is 48.6 Å². The Labute approximate surface area is 223 Å². The molecule has 2 atom stereocenters. The van der Waals surface area contributed by atoms with Gasteiger partial charge in [-0.15, -0.1) is 0 Å². The molecule has 0 aliphatic rings. The van der Waals surface area contributed by atoms with E-state index in [1.54, 1.807) is 11.8 Å². The zero-order valence-electron chi connectivity index (χ0n) is 22.8. The van der Waals surface area contributed by atoms with Crippen LogP contribution in [0.5, 0.6) is 0 Å². The van der Waals surface area contributed by atoms with Gasteiger partial charge in [-0.3, -0.25) is 9.59 Å². The van der Waals surface area contributed by atoms with Gasteiger partial charge in [0.05, 0.1) is 12.1 Å². The highest BCUT2D eigenvalue weighted by atomic mass is 19.1. The highest BCUT2D eigenvalue weighted by Gasteiger charge is 2.36. The van der Waals surface area contributed by atoms with Gasteiger partial charge in [-0.2, -0.15) is 0 Å². The average molecular weight is 525 g/mol. The van der Waals surface area contributed by atoms with Crippen LogP contribution in [-0.2, 0) is 16.1 Å². The van der Waals surface area contributed by atoms with Crippen LogP contribution in [0.15, 0.2) is 60.8 Å². The van der Waals surface area contributed by atoms with Crippen LogP contribution in [-0.4, -0.2) is 40.4 Å². The first-order valence-corrected chi connectivity index (χ1v) is 12.9. The Kier molecular flexibility index (Phi) is 9.44. The van der Waals surface area contributed by atoms with Gasteiger partial charge in [0.1, 0.15) is 11.6 Å². The molecular weight excluding hydrogens is 486 g/mol. The number of hydrogen-bond donors (Lipinski definition) is 2. The topological polar surface area (TPSA) is 80.4 Å². The molecule has 2 aromatic carbocycles. The fourth-order valence-corrected chi connectivity index (χ4v) is 4.70. The van der Waals surface area contributed by atoms with E-state index in [0.29, 0.717) is 31.6 Å². The predicted molar refractivity (Wildman–Crippen MR) is 146 cm³/mol. The van der Waals surface area contributed by atoms with Gasteiger partial charge in [0.15, 0.2) is 0 Å². The largest absolute Gasteiger partial charge is 0.355 e. The van der Waals surface area contributed by atoms with Crippen molar-refractivity contribution in [3.8, 4) is 11.1 Å². The second-order valence-electron chi connectivity index (χ2n) is 10.8. The maximum absolute atomic E-state index is 14.8. The molecule has 3 rings (SSSR count). The molecule has 38 heavy (non-hydrogen) atoms. The number of nitrogens with two attached hydrogens (primary N) is 1. The van der Waals surface area contributed by atoms with Gasteiger partial charge in [0.25, 0.3) is 0 Å². The molecule has 0 spiro atoms. The molecule has 0 fully saturated rings. The number of benzene rings is 2. The molecule has 1 heterocycles. The molecule has 2 unspecified atom stereocenters. The number of carbonyl (C=O) groups is 2. The number of nitrogens with one attached hydrogen (secondary N) is 1. The predicted octanol–water partition coefficient (Wildman–Crippen LogP) is 5.27. The smallest absolute Gasteiger partial charge is 0.236 e. The summed E-state index contributed by atoms with van der Waals surface area (Å²) >= 11 is 0. The van der Waals surface area contributed by atoms with Crippen LogP contribution in [0.2, 0.25) is 0 Å². The molecule has 204 valence electrons. The normalized spacial score (nSPS) is 13.2. The number of hydrogen-bond acceptors (Lipinski definition) is 3. The number of rotatable bonds is 10. The average Bonchev–Trinajstić information content (AvgIpc) is 3.24. The van der Waals surface area contributed by atoms with E-state index in [4.69, 9.17) is 5.73 Å². The molecular formula is C30H38F2N4O2. The van der Waals surface area contributed by atoms with Crippen molar-refractivity contribution >= 4 is 11.8 Å². The van der Waals surface area contributed by atoms with E-state index < -0.39 is 23.1 Å². The van der Waals surface area contributed by atoms with Gasteiger partial charge in [-0.25, -0.2) is 8.78 Å². The van der Waals surface area contributed by atoms with Crippen molar-refractivity contribution in [2.45, 2.75) is 59.7 Å². The van der Waals surface area contributed by atoms with Crippen LogP contribution in [0.1, 0.15) is 58.3 Å². The Morgan fingerprint density at radius 3 is 2.37 bits per heavy atom. The second-order valence-corrected chi connectivity index (χ2v) is 10.8. The SMILES string of the molecule is CC(=O)N(CCCNC(=O)C(C)N)C(c1cc(-c2cc(F)ccc2F)cn1Cc1ccccc1)C(C)(C)C. The summed E-state index contributed by atoms with van der Waals surface area (Å²) < 4.78 is 30.9. The van der Waals surface area contributed by atoms with Gasteiger partial charge < -0.3 is 20.5 Å². The molecule has 3 N–H and O–H groups in total. The number of nitrogens with zero attached hydrogens (tertiary/aromatic N) is 2. The molecule has 2 amide bonds. The quantitative estimate of drug-likeness (QED) is 0.355. The van der Waals surface area contributed by atoms with Crippen molar-refractivity contribution in [2.24, 2.45) is 11.1 Å². The summed E-state index contributed by atoms with van der Waals surface area (Å²) in [5, 5.41) is 2.79. The van der Waals surface area contributed by atoms with Crippen LogP contribution in [0.25, 0.3) is 11.1 Å². The zero-order valence-corrected chi connectivity index (χ0v) is 22.8. The summed E-state index contributed by atoms with van der Waals surface area (Å²) in [6.07, 6.45) is 2.36. The van der Waals surface area contributed by atoms with E-state index in [9.17, 15) is 18.4 Å². The van der Waals surface area contributed by atoms with Gasteiger partial charge in [0, 0.05) is 49.6 Å². The highest BCUT2D eigenvalue weighted by Crippen LogP contribution is 2.41. The minimum atomic E-state index is -0.607. The Bertz CT molecular complexity index is 1250. The molecule has 0 radical (unpaired) electrons. The summed E-state index contributed by atoms with van der Waals surface area (Å²) in [4.78, 5) is 26.6. The van der Waals surface area contributed by atoms with E-state index in [2.05, 4.69) is 5.32 Å². The van der Waals surface area contributed by atoms with Crippen molar-refractivity contribution in [3.63, 3.8) is 0 Å². The van der Waals surface area contributed by atoms with Crippen LogP contribution in [0.4, 0.5) is 8.78 Å². The van der Waals surface area contributed by atoms with Gasteiger partial charge >= 0.3 is 0 Å². The Morgan fingerprint density at radius 1 is 1.08 bits per heavy atom. The number of amides is 2. The van der Waals surface area contributed by atoms with Gasteiger partial charge in [-0.1, -0.05) is 51.1 Å². The minimum Gasteiger partial charge on any atom is -0.355 e. The minimum absolute atomic E-state index is 0.116. The van der Waals surface area contributed by atoms with E-state index in [-0.39, 0.29) is 23.4 Å². The molecule has 8 heteroatoms. The third kappa shape index (κ3) is 7.28. The lowest BCUT2D eigenvalue weighted by Crippen LogP contribution is -2.43. The third-order valence-electron chi connectivity index (χ3n) is 6.47. The van der Waals surface area contributed by atoms with Crippen molar-refractivity contribution < 1.29 is 18.4 Å². The van der Waals surface area contributed by atoms with Crippen LogP contribution in [0, 0.1) is 17.0 Å². The van der Waals surface area contributed by atoms with Crippen LogP contribution >= 0.6 is 0 Å². The van der Waals surface area contributed by atoms with E-state index in [0.717, 1.165) is 23.4 Å². The lowest BCUT2D eigenvalue weighted by Gasteiger charge is -2.40. The zero-order chi connectivity index (χ0) is 28.0. The van der Waals surface area contributed by atoms with Crippen molar-refractivity contribution in [1.29, 1.82) is 0 Å². The van der Waals surface area contributed by atoms with Gasteiger partial charge in [0.2, 0.25) is 11.8 Å². The van der Waals surface area contributed by atoms with Crippen molar-refractivity contribution in [2.75, 3.05) is 13.1 Å². The summed E-state index contributed by atoms with van der Waals surface area (Å²) in [6, 6.07) is 14.1. The lowest BCUT2D eigenvalue weighted by atomic mass is 9.83. The lowest BCUT2D eigenvalue weighted by molar-refractivity contribution is -0.134. The number of carbonyl (C=O) groups excluding carboxylic acids is 2. The van der Waals surface area contributed by atoms with Crippen LogP contribution in [0.3, 0.4) is 0 Å².